The molecule has 0 aliphatic heterocycles. The zero-order chi connectivity index (χ0) is 21.7. The fraction of sp³-hybridized carbons (Fsp3) is 0.533. The minimum atomic E-state index is 0.797. The van der Waals surface area contributed by atoms with Crippen molar-refractivity contribution in [3.8, 4) is 17.6 Å². The first-order chi connectivity index (χ1) is 15.3. The molecule has 2 aromatic carbocycles. The molecule has 0 bridgehead atoms. The molecule has 1 saturated carbocycles. The summed E-state index contributed by atoms with van der Waals surface area (Å²) in [6, 6.07) is 17.0. The summed E-state index contributed by atoms with van der Waals surface area (Å²) < 4.78 is 5.77. The Hall–Kier alpha value is -2.20. The molecule has 2 aromatic rings. The highest BCUT2D eigenvalue weighted by atomic mass is 16.5. The van der Waals surface area contributed by atoms with E-state index in [-0.39, 0.29) is 0 Å². The molecule has 0 heterocycles. The third-order valence-electron chi connectivity index (χ3n) is 6.68. The maximum atomic E-state index is 5.77. The van der Waals surface area contributed by atoms with Crippen molar-refractivity contribution in [1.82, 2.24) is 0 Å². The molecule has 0 unspecified atom stereocenters. The second kappa shape index (κ2) is 13.3. The molecule has 1 aliphatic carbocycles. The van der Waals surface area contributed by atoms with Crippen molar-refractivity contribution in [2.45, 2.75) is 84.5 Å². The van der Waals surface area contributed by atoms with E-state index in [2.05, 4.69) is 50.0 Å². The number of hydrogen-bond acceptors (Lipinski definition) is 1. The van der Waals surface area contributed by atoms with Crippen LogP contribution in [0.5, 0.6) is 5.75 Å². The number of hydrogen-bond donors (Lipinski definition) is 0. The van der Waals surface area contributed by atoms with Crippen molar-refractivity contribution in [1.29, 1.82) is 0 Å². The Bertz CT molecular complexity index is 798. The molecule has 0 amide bonds. The Morgan fingerprint density at radius 2 is 1.29 bits per heavy atom. The molecule has 0 radical (unpaired) electrons. The molecule has 0 saturated heterocycles. The van der Waals surface area contributed by atoms with Crippen LogP contribution in [0.3, 0.4) is 0 Å². The standard InChI is InChI=1S/C30H40O/c1-3-5-6-24-31-30-22-20-29(21-23-30)19-18-28-16-14-27(15-17-28)13-12-26-10-8-25(7-4-2)9-11-26/h14-17,20-23,25-26H,3-13,24H2,1-2H3/t25-,26-. The summed E-state index contributed by atoms with van der Waals surface area (Å²) >= 11 is 0. The summed E-state index contributed by atoms with van der Waals surface area (Å²) in [5.74, 6) is 9.45. The average Bonchev–Trinajstić information content (AvgIpc) is 2.82. The first-order valence-electron chi connectivity index (χ1n) is 12.6. The van der Waals surface area contributed by atoms with Gasteiger partial charge in [-0.15, -0.1) is 0 Å². The van der Waals surface area contributed by atoms with E-state index in [9.17, 15) is 0 Å². The van der Waals surface area contributed by atoms with Crippen LogP contribution in [-0.2, 0) is 6.42 Å². The smallest absolute Gasteiger partial charge is 0.119 e. The van der Waals surface area contributed by atoms with Gasteiger partial charge in [-0.3, -0.25) is 0 Å². The lowest BCUT2D eigenvalue weighted by Crippen LogP contribution is -2.15. The SMILES string of the molecule is CCCCCOc1ccc(C#Cc2ccc(CC[C@H]3CC[C@H](CCC)CC3)cc2)cc1. The van der Waals surface area contributed by atoms with Crippen LogP contribution in [-0.4, -0.2) is 6.61 Å². The summed E-state index contributed by atoms with van der Waals surface area (Å²) in [5, 5.41) is 0. The van der Waals surface area contributed by atoms with Gasteiger partial charge in [0.1, 0.15) is 5.75 Å². The van der Waals surface area contributed by atoms with Gasteiger partial charge in [0.2, 0.25) is 0 Å². The molecule has 31 heavy (non-hydrogen) atoms. The van der Waals surface area contributed by atoms with Crippen molar-refractivity contribution in [3.63, 3.8) is 0 Å². The van der Waals surface area contributed by atoms with Crippen molar-refractivity contribution in [3.05, 3.63) is 65.2 Å². The zero-order valence-electron chi connectivity index (χ0n) is 19.7. The van der Waals surface area contributed by atoms with Gasteiger partial charge >= 0.3 is 0 Å². The topological polar surface area (TPSA) is 9.23 Å². The van der Waals surface area contributed by atoms with Crippen LogP contribution in [0, 0.1) is 23.7 Å². The number of aryl methyl sites for hydroxylation is 1. The molecule has 1 heteroatoms. The van der Waals surface area contributed by atoms with E-state index in [1.54, 1.807) is 0 Å². The van der Waals surface area contributed by atoms with E-state index in [1.807, 2.05) is 24.3 Å². The van der Waals surface area contributed by atoms with E-state index < -0.39 is 0 Å². The largest absolute Gasteiger partial charge is 0.494 e. The van der Waals surface area contributed by atoms with Crippen LogP contribution in [0.4, 0.5) is 0 Å². The molecule has 0 aromatic heterocycles. The van der Waals surface area contributed by atoms with Gasteiger partial charge in [0.05, 0.1) is 6.61 Å². The van der Waals surface area contributed by atoms with Crippen LogP contribution in [0.25, 0.3) is 0 Å². The van der Waals surface area contributed by atoms with Crippen molar-refractivity contribution >= 4 is 0 Å². The third-order valence-corrected chi connectivity index (χ3v) is 6.68. The molecule has 166 valence electrons. The maximum Gasteiger partial charge on any atom is 0.119 e. The Labute approximate surface area is 190 Å². The van der Waals surface area contributed by atoms with Crippen molar-refractivity contribution in [2.24, 2.45) is 11.8 Å². The molecule has 0 atom stereocenters. The highest BCUT2D eigenvalue weighted by Gasteiger charge is 2.20. The maximum absolute atomic E-state index is 5.77. The predicted octanol–water partition coefficient (Wildman–Crippen LogP) is 8.19. The molecule has 1 fully saturated rings. The lowest BCUT2D eigenvalue weighted by Gasteiger charge is -2.28. The van der Waals surface area contributed by atoms with Gasteiger partial charge in [-0.2, -0.15) is 0 Å². The van der Waals surface area contributed by atoms with E-state index >= 15 is 0 Å². The van der Waals surface area contributed by atoms with Gasteiger partial charge in [0, 0.05) is 11.1 Å². The first-order valence-corrected chi connectivity index (χ1v) is 12.6. The quantitative estimate of drug-likeness (QED) is 0.280. The second-order valence-electron chi connectivity index (χ2n) is 9.24. The van der Waals surface area contributed by atoms with Crippen LogP contribution in [0.15, 0.2) is 48.5 Å². The van der Waals surface area contributed by atoms with Crippen molar-refractivity contribution < 1.29 is 4.74 Å². The van der Waals surface area contributed by atoms with Gasteiger partial charge in [-0.1, -0.05) is 89.2 Å². The lowest BCUT2D eigenvalue weighted by atomic mass is 9.78. The van der Waals surface area contributed by atoms with Crippen LogP contribution >= 0.6 is 0 Å². The van der Waals surface area contributed by atoms with Crippen LogP contribution in [0.2, 0.25) is 0 Å². The molecular formula is C30H40O. The molecule has 3 rings (SSSR count). The summed E-state index contributed by atoms with van der Waals surface area (Å²) in [4.78, 5) is 0. The zero-order valence-corrected chi connectivity index (χ0v) is 19.7. The highest BCUT2D eigenvalue weighted by Crippen LogP contribution is 2.33. The van der Waals surface area contributed by atoms with Crippen molar-refractivity contribution in [2.75, 3.05) is 6.61 Å². The molecule has 1 aliphatic rings. The van der Waals surface area contributed by atoms with Gasteiger partial charge < -0.3 is 4.74 Å². The number of rotatable bonds is 10. The minimum absolute atomic E-state index is 0.797. The fourth-order valence-electron chi connectivity index (χ4n) is 4.66. The van der Waals surface area contributed by atoms with E-state index in [1.165, 1.54) is 69.8 Å². The Morgan fingerprint density at radius 3 is 1.87 bits per heavy atom. The van der Waals surface area contributed by atoms with Crippen LogP contribution < -0.4 is 4.74 Å². The Balaban J connectivity index is 1.42. The van der Waals surface area contributed by atoms with E-state index in [4.69, 9.17) is 4.74 Å². The number of unbranched alkanes of at least 4 members (excludes halogenated alkanes) is 2. The lowest BCUT2D eigenvalue weighted by molar-refractivity contribution is 0.252. The monoisotopic (exact) mass is 416 g/mol. The minimum Gasteiger partial charge on any atom is -0.494 e. The Morgan fingerprint density at radius 1 is 0.710 bits per heavy atom. The van der Waals surface area contributed by atoms with Gasteiger partial charge in [0.15, 0.2) is 0 Å². The van der Waals surface area contributed by atoms with Gasteiger partial charge in [-0.25, -0.2) is 0 Å². The second-order valence-corrected chi connectivity index (χ2v) is 9.24. The van der Waals surface area contributed by atoms with Gasteiger partial charge in [-0.05, 0) is 73.1 Å². The number of ether oxygens (including phenoxy) is 1. The third kappa shape index (κ3) is 8.45. The summed E-state index contributed by atoms with van der Waals surface area (Å²) in [5.41, 5.74) is 3.57. The summed E-state index contributed by atoms with van der Waals surface area (Å²) in [6.45, 7) is 5.33. The molecule has 0 spiro atoms. The Kier molecular flexibility index (Phi) is 10.0. The van der Waals surface area contributed by atoms with Gasteiger partial charge in [0.25, 0.3) is 0 Å². The van der Waals surface area contributed by atoms with Crippen LogP contribution in [0.1, 0.15) is 94.7 Å². The summed E-state index contributed by atoms with van der Waals surface area (Å²) in [6.07, 6.45) is 14.7. The average molecular weight is 417 g/mol. The molecule has 0 N–H and O–H groups in total. The fourth-order valence-corrected chi connectivity index (χ4v) is 4.66. The predicted molar refractivity (Wildman–Crippen MR) is 133 cm³/mol. The molecule has 1 nitrogen and oxygen atoms in total. The number of benzene rings is 2. The van der Waals surface area contributed by atoms with E-state index in [0.29, 0.717) is 0 Å². The normalized spacial score (nSPS) is 18.3. The first kappa shape index (κ1) is 23.5. The summed E-state index contributed by atoms with van der Waals surface area (Å²) in [7, 11) is 0. The van der Waals surface area contributed by atoms with E-state index in [0.717, 1.165) is 41.7 Å². The highest BCUT2D eigenvalue weighted by molar-refractivity contribution is 5.44. The molecular weight excluding hydrogens is 376 g/mol.